The molecule has 2 rings (SSSR count). The highest BCUT2D eigenvalue weighted by Crippen LogP contribution is 2.16. The summed E-state index contributed by atoms with van der Waals surface area (Å²) in [6, 6.07) is 4.22. The molecule has 0 bridgehead atoms. The van der Waals surface area contributed by atoms with E-state index in [-0.39, 0.29) is 31.0 Å². The number of pyridine rings is 1. The first-order valence-electron chi connectivity index (χ1n) is 9.45. The lowest BCUT2D eigenvalue weighted by Gasteiger charge is -2.27. The molecule has 12 heteroatoms. The van der Waals surface area contributed by atoms with Gasteiger partial charge >= 0.3 is 6.01 Å². The molecule has 2 aromatic rings. The van der Waals surface area contributed by atoms with Crippen LogP contribution >= 0.6 is 0 Å². The Hall–Kier alpha value is -3.01. The smallest absolute Gasteiger partial charge is 0.311 e. The predicted octanol–water partition coefficient (Wildman–Crippen LogP) is 0.222. The van der Waals surface area contributed by atoms with Gasteiger partial charge in [0.05, 0.1) is 24.5 Å². The van der Waals surface area contributed by atoms with Crippen molar-refractivity contribution in [2.45, 2.75) is 43.9 Å². The molecular formula is C19H25N5O6S. The summed E-state index contributed by atoms with van der Waals surface area (Å²) in [4.78, 5) is 20.5. The fourth-order valence-corrected chi connectivity index (χ4v) is 3.12. The molecule has 3 atom stereocenters. The second-order valence-electron chi connectivity index (χ2n) is 6.99. The van der Waals surface area contributed by atoms with Crippen molar-refractivity contribution >= 4 is 21.9 Å². The van der Waals surface area contributed by atoms with Crippen molar-refractivity contribution in [3.63, 3.8) is 0 Å². The monoisotopic (exact) mass is 451 g/mol. The number of anilines is 1. The lowest BCUT2D eigenvalue weighted by atomic mass is 9.95. The number of hydrogen-bond donors (Lipinski definition) is 3. The van der Waals surface area contributed by atoms with Crippen molar-refractivity contribution in [1.82, 2.24) is 15.3 Å². The van der Waals surface area contributed by atoms with Gasteiger partial charge in [-0.05, 0) is 37.0 Å². The third-order valence-electron chi connectivity index (χ3n) is 4.61. The molecule has 3 unspecified atom stereocenters. The molecule has 0 radical (unpaired) electrons. The summed E-state index contributed by atoms with van der Waals surface area (Å²) < 4.78 is 29.1. The number of aromatic nitrogens is 2. The zero-order valence-electron chi connectivity index (χ0n) is 17.2. The minimum Gasteiger partial charge on any atom is -0.430 e. The van der Waals surface area contributed by atoms with Gasteiger partial charge in [-0.25, -0.2) is 12.7 Å². The first kappa shape index (κ1) is 24.3. The topological polar surface area (TPSA) is 170 Å². The standard InChI is InChI=1S/C19H25N5O6S/c1-24(31(2,28)29)19-23-15(12-30-19)18(27)22-14(11-13-6-9-21-10-7-13)17(26)16(25)5-3-4-8-20/h6-7,9-10,12,14,16-17,25-26H,3-5,11H2,1-2H3,(H,22,27). The lowest BCUT2D eigenvalue weighted by Crippen LogP contribution is -2.50. The molecule has 2 aromatic heterocycles. The normalized spacial score (nSPS) is 14.3. The summed E-state index contributed by atoms with van der Waals surface area (Å²) in [5.41, 5.74) is 0.581. The zero-order valence-corrected chi connectivity index (χ0v) is 18.0. The van der Waals surface area contributed by atoms with E-state index in [4.69, 9.17) is 9.68 Å². The van der Waals surface area contributed by atoms with Gasteiger partial charge in [-0.15, -0.1) is 0 Å². The summed E-state index contributed by atoms with van der Waals surface area (Å²) in [6.45, 7) is 0. The van der Waals surface area contributed by atoms with Gasteiger partial charge < -0.3 is 19.9 Å². The molecule has 31 heavy (non-hydrogen) atoms. The first-order valence-corrected chi connectivity index (χ1v) is 11.3. The zero-order chi connectivity index (χ0) is 23.0. The molecule has 0 saturated heterocycles. The number of unbranched alkanes of at least 4 members (excludes halogenated alkanes) is 1. The molecule has 0 spiro atoms. The van der Waals surface area contributed by atoms with Crippen LogP contribution in [0.25, 0.3) is 0 Å². The van der Waals surface area contributed by atoms with E-state index in [0.717, 1.165) is 22.4 Å². The van der Waals surface area contributed by atoms with E-state index in [1.807, 2.05) is 6.07 Å². The summed E-state index contributed by atoms with van der Waals surface area (Å²) >= 11 is 0. The van der Waals surface area contributed by atoms with E-state index in [1.54, 1.807) is 24.5 Å². The Morgan fingerprint density at radius 2 is 2.03 bits per heavy atom. The number of carbonyl (C=O) groups is 1. The number of rotatable bonds is 11. The van der Waals surface area contributed by atoms with Gasteiger partial charge in [-0.2, -0.15) is 10.2 Å². The van der Waals surface area contributed by atoms with Crippen LogP contribution in [0.3, 0.4) is 0 Å². The van der Waals surface area contributed by atoms with Gasteiger partial charge in [-0.1, -0.05) is 0 Å². The van der Waals surface area contributed by atoms with Crippen LogP contribution in [0, 0.1) is 11.3 Å². The molecule has 3 N–H and O–H groups in total. The lowest BCUT2D eigenvalue weighted by molar-refractivity contribution is -0.00792. The number of amides is 1. The highest BCUT2D eigenvalue weighted by Gasteiger charge is 2.29. The number of nitrogens with one attached hydrogen (secondary N) is 1. The van der Waals surface area contributed by atoms with Crippen molar-refractivity contribution in [2.24, 2.45) is 0 Å². The van der Waals surface area contributed by atoms with Crippen LogP contribution in [0.1, 0.15) is 35.3 Å². The van der Waals surface area contributed by atoms with Crippen molar-refractivity contribution in [2.75, 3.05) is 17.6 Å². The van der Waals surface area contributed by atoms with Crippen molar-refractivity contribution in [3.8, 4) is 6.07 Å². The Bertz CT molecular complexity index is 1000. The van der Waals surface area contributed by atoms with Gasteiger partial charge in [-0.3, -0.25) is 9.78 Å². The van der Waals surface area contributed by atoms with Crippen LogP contribution < -0.4 is 9.62 Å². The second-order valence-corrected chi connectivity index (χ2v) is 9.01. The van der Waals surface area contributed by atoms with E-state index in [0.29, 0.717) is 6.42 Å². The second kappa shape index (κ2) is 10.9. The summed E-state index contributed by atoms with van der Waals surface area (Å²) in [6.07, 6.45) is 3.63. The maximum Gasteiger partial charge on any atom is 0.311 e. The minimum atomic E-state index is -3.62. The molecule has 11 nitrogen and oxygen atoms in total. The fraction of sp³-hybridized carbons (Fsp3) is 0.474. The van der Waals surface area contributed by atoms with Gasteiger partial charge in [0.25, 0.3) is 5.91 Å². The SMILES string of the molecule is CN(c1nc(C(=O)NC(Cc2ccncc2)C(O)C(O)CCCC#N)co1)S(C)(=O)=O. The van der Waals surface area contributed by atoms with Crippen LogP contribution in [-0.4, -0.2) is 66.1 Å². The molecule has 0 aliphatic carbocycles. The minimum absolute atomic E-state index is 0.184. The predicted molar refractivity (Wildman–Crippen MR) is 110 cm³/mol. The third kappa shape index (κ3) is 7.02. The Morgan fingerprint density at radius 3 is 2.65 bits per heavy atom. The average molecular weight is 452 g/mol. The third-order valence-corrected chi connectivity index (χ3v) is 5.76. The number of aliphatic hydroxyl groups excluding tert-OH is 2. The average Bonchev–Trinajstić information content (AvgIpc) is 3.22. The van der Waals surface area contributed by atoms with Crippen molar-refractivity contribution < 1.29 is 27.8 Å². The highest BCUT2D eigenvalue weighted by atomic mass is 32.2. The molecular weight excluding hydrogens is 426 g/mol. The van der Waals surface area contributed by atoms with Crippen LogP contribution in [-0.2, 0) is 16.4 Å². The van der Waals surface area contributed by atoms with Crippen LogP contribution in [0.2, 0.25) is 0 Å². The maximum atomic E-state index is 12.7. The molecule has 0 aliphatic heterocycles. The number of aliphatic hydroxyl groups is 2. The Morgan fingerprint density at radius 1 is 1.35 bits per heavy atom. The van der Waals surface area contributed by atoms with E-state index in [2.05, 4.69) is 15.3 Å². The number of carbonyl (C=O) groups excluding carboxylic acids is 1. The number of hydrogen-bond acceptors (Lipinski definition) is 9. The fourth-order valence-electron chi connectivity index (χ4n) is 2.76. The molecule has 0 fully saturated rings. The summed E-state index contributed by atoms with van der Waals surface area (Å²) in [5.74, 6) is -0.709. The Labute approximate surface area is 180 Å². The van der Waals surface area contributed by atoms with Crippen molar-refractivity contribution in [3.05, 3.63) is 42.0 Å². The summed E-state index contributed by atoms with van der Waals surface area (Å²) in [5, 5.41) is 32.2. The number of oxazole rings is 1. The van der Waals surface area contributed by atoms with Crippen molar-refractivity contribution in [1.29, 1.82) is 5.26 Å². The maximum absolute atomic E-state index is 12.7. The number of nitriles is 1. The van der Waals surface area contributed by atoms with E-state index >= 15 is 0 Å². The summed E-state index contributed by atoms with van der Waals surface area (Å²) in [7, 11) is -2.39. The molecule has 0 aliphatic rings. The molecule has 0 aromatic carbocycles. The van der Waals surface area contributed by atoms with Crippen LogP contribution in [0.15, 0.2) is 35.2 Å². The highest BCUT2D eigenvalue weighted by molar-refractivity contribution is 7.92. The Balaban J connectivity index is 2.17. The molecule has 2 heterocycles. The van der Waals surface area contributed by atoms with Gasteiger partial charge in [0, 0.05) is 25.9 Å². The van der Waals surface area contributed by atoms with E-state index in [1.165, 1.54) is 7.05 Å². The molecule has 0 saturated carbocycles. The van der Waals surface area contributed by atoms with E-state index < -0.39 is 34.2 Å². The Kier molecular flexibility index (Phi) is 8.49. The molecule has 1 amide bonds. The van der Waals surface area contributed by atoms with Gasteiger partial charge in [0.15, 0.2) is 5.69 Å². The van der Waals surface area contributed by atoms with Crippen LogP contribution in [0.4, 0.5) is 6.01 Å². The van der Waals surface area contributed by atoms with Gasteiger partial charge in [0.1, 0.15) is 12.4 Å². The molecule has 168 valence electrons. The van der Waals surface area contributed by atoms with Gasteiger partial charge in [0.2, 0.25) is 10.0 Å². The number of sulfonamides is 1. The van der Waals surface area contributed by atoms with Crippen LogP contribution in [0.5, 0.6) is 0 Å². The largest absolute Gasteiger partial charge is 0.430 e. The number of nitrogens with zero attached hydrogens (tertiary/aromatic N) is 4. The quantitative estimate of drug-likeness (QED) is 0.404. The van der Waals surface area contributed by atoms with E-state index in [9.17, 15) is 23.4 Å². The first-order chi connectivity index (χ1) is 14.6.